The predicted molar refractivity (Wildman–Crippen MR) is 81.4 cm³/mol. The minimum Gasteiger partial charge on any atom is -0.484 e. The third kappa shape index (κ3) is 3.70. The van der Waals surface area contributed by atoms with Crippen molar-refractivity contribution in [1.82, 2.24) is 15.5 Å². The molecule has 1 amide bonds. The topological polar surface area (TPSA) is 77.2 Å². The van der Waals surface area contributed by atoms with Crippen molar-refractivity contribution in [3.05, 3.63) is 53.7 Å². The van der Waals surface area contributed by atoms with Crippen molar-refractivity contribution in [3.63, 3.8) is 0 Å². The fraction of sp³-hybridized carbons (Fsp3) is 0.133. The number of amides is 1. The van der Waals surface area contributed by atoms with Gasteiger partial charge in [0.05, 0.1) is 11.4 Å². The molecule has 0 aliphatic heterocycles. The summed E-state index contributed by atoms with van der Waals surface area (Å²) in [6.07, 6.45) is 0. The SMILES string of the molecule is O=C(COc1ccccc1)NCc1noc(-c2cccs2)n1. The van der Waals surface area contributed by atoms with Crippen LogP contribution in [0.4, 0.5) is 0 Å². The summed E-state index contributed by atoms with van der Waals surface area (Å²) in [5.41, 5.74) is 0. The van der Waals surface area contributed by atoms with Crippen molar-refractivity contribution >= 4 is 17.2 Å². The minimum atomic E-state index is -0.244. The van der Waals surface area contributed by atoms with E-state index >= 15 is 0 Å². The Labute approximate surface area is 130 Å². The second-order valence-corrected chi connectivity index (χ2v) is 5.32. The number of hydrogen-bond acceptors (Lipinski definition) is 6. The molecule has 3 rings (SSSR count). The molecule has 0 bridgehead atoms. The van der Waals surface area contributed by atoms with Gasteiger partial charge >= 0.3 is 0 Å². The van der Waals surface area contributed by atoms with E-state index in [1.54, 1.807) is 12.1 Å². The Morgan fingerprint density at radius 1 is 1.23 bits per heavy atom. The zero-order valence-corrected chi connectivity index (χ0v) is 12.4. The average Bonchev–Trinajstić information content (AvgIpc) is 3.22. The second-order valence-electron chi connectivity index (χ2n) is 4.37. The highest BCUT2D eigenvalue weighted by atomic mass is 32.1. The van der Waals surface area contributed by atoms with Crippen LogP contribution in [-0.4, -0.2) is 22.7 Å². The van der Waals surface area contributed by atoms with Gasteiger partial charge in [-0.05, 0) is 23.6 Å². The first-order valence-electron chi connectivity index (χ1n) is 6.62. The molecular weight excluding hydrogens is 302 g/mol. The number of nitrogens with zero attached hydrogens (tertiary/aromatic N) is 2. The summed E-state index contributed by atoms with van der Waals surface area (Å²) in [5, 5.41) is 8.44. The van der Waals surface area contributed by atoms with E-state index in [1.165, 1.54) is 11.3 Å². The summed E-state index contributed by atoms with van der Waals surface area (Å²) >= 11 is 1.52. The first-order valence-corrected chi connectivity index (χ1v) is 7.50. The number of ether oxygens (including phenoxy) is 1. The lowest BCUT2D eigenvalue weighted by Crippen LogP contribution is -2.28. The van der Waals surface area contributed by atoms with E-state index in [-0.39, 0.29) is 19.1 Å². The molecule has 112 valence electrons. The number of nitrogens with one attached hydrogen (secondary N) is 1. The summed E-state index contributed by atoms with van der Waals surface area (Å²) < 4.78 is 10.5. The molecule has 1 aromatic carbocycles. The van der Waals surface area contributed by atoms with E-state index in [0.717, 1.165) is 4.88 Å². The van der Waals surface area contributed by atoms with Crippen LogP contribution >= 0.6 is 11.3 Å². The summed E-state index contributed by atoms with van der Waals surface area (Å²) in [6, 6.07) is 13.0. The standard InChI is InChI=1S/C15H13N3O3S/c19-14(10-20-11-5-2-1-3-6-11)16-9-13-17-15(21-18-13)12-7-4-8-22-12/h1-8H,9-10H2,(H,16,19). The van der Waals surface area contributed by atoms with Gasteiger partial charge in [-0.15, -0.1) is 11.3 Å². The normalized spacial score (nSPS) is 10.4. The highest BCUT2D eigenvalue weighted by Crippen LogP contribution is 2.22. The smallest absolute Gasteiger partial charge is 0.268 e. The Kier molecular flexibility index (Phi) is 4.45. The molecule has 0 saturated heterocycles. The Morgan fingerprint density at radius 3 is 2.86 bits per heavy atom. The number of rotatable bonds is 6. The predicted octanol–water partition coefficient (Wildman–Crippen LogP) is 2.49. The zero-order valence-electron chi connectivity index (χ0n) is 11.6. The van der Waals surface area contributed by atoms with Gasteiger partial charge in [-0.3, -0.25) is 4.79 Å². The molecule has 0 aliphatic carbocycles. The first-order chi connectivity index (χ1) is 10.8. The molecule has 0 saturated carbocycles. The number of para-hydroxylation sites is 1. The maximum absolute atomic E-state index is 11.7. The van der Waals surface area contributed by atoms with Gasteiger partial charge in [-0.1, -0.05) is 29.4 Å². The summed E-state index contributed by atoms with van der Waals surface area (Å²) in [5.74, 6) is 1.29. The van der Waals surface area contributed by atoms with Crippen molar-refractivity contribution in [3.8, 4) is 16.5 Å². The van der Waals surface area contributed by atoms with Gasteiger partial charge in [0.1, 0.15) is 5.75 Å². The van der Waals surface area contributed by atoms with E-state index in [0.29, 0.717) is 17.5 Å². The van der Waals surface area contributed by atoms with E-state index in [9.17, 15) is 4.79 Å². The highest BCUT2D eigenvalue weighted by Gasteiger charge is 2.10. The summed E-state index contributed by atoms with van der Waals surface area (Å²) in [7, 11) is 0. The number of thiophene rings is 1. The molecule has 6 nitrogen and oxygen atoms in total. The van der Waals surface area contributed by atoms with Crippen LogP contribution in [0.25, 0.3) is 10.8 Å². The Morgan fingerprint density at radius 2 is 2.09 bits per heavy atom. The van der Waals surface area contributed by atoms with Crippen LogP contribution in [0.2, 0.25) is 0 Å². The molecule has 0 aliphatic rings. The lowest BCUT2D eigenvalue weighted by atomic mass is 10.3. The highest BCUT2D eigenvalue weighted by molar-refractivity contribution is 7.13. The van der Waals surface area contributed by atoms with Gasteiger partial charge in [-0.2, -0.15) is 4.98 Å². The summed E-state index contributed by atoms with van der Waals surface area (Å²) in [4.78, 5) is 16.8. The number of hydrogen-bond donors (Lipinski definition) is 1. The minimum absolute atomic E-state index is 0.0559. The largest absolute Gasteiger partial charge is 0.484 e. The monoisotopic (exact) mass is 315 g/mol. The third-order valence-corrected chi connectivity index (χ3v) is 3.61. The third-order valence-electron chi connectivity index (χ3n) is 2.76. The maximum atomic E-state index is 11.7. The van der Waals surface area contributed by atoms with Crippen LogP contribution in [0.1, 0.15) is 5.82 Å². The molecule has 1 N–H and O–H groups in total. The zero-order chi connectivity index (χ0) is 15.2. The Balaban J connectivity index is 1.47. The van der Waals surface area contributed by atoms with Gasteiger partial charge in [0.2, 0.25) is 0 Å². The molecule has 0 fully saturated rings. The van der Waals surface area contributed by atoms with Crippen molar-refractivity contribution in [2.45, 2.75) is 6.54 Å². The molecule has 0 atom stereocenters. The van der Waals surface area contributed by atoms with Crippen LogP contribution in [0, 0.1) is 0 Å². The maximum Gasteiger partial charge on any atom is 0.268 e. The van der Waals surface area contributed by atoms with Crippen LogP contribution in [-0.2, 0) is 11.3 Å². The quantitative estimate of drug-likeness (QED) is 0.756. The Hall–Kier alpha value is -2.67. The van der Waals surface area contributed by atoms with Gasteiger partial charge in [0.25, 0.3) is 11.8 Å². The first kappa shape index (κ1) is 14.3. The molecule has 7 heteroatoms. The molecule has 2 aromatic heterocycles. The fourth-order valence-electron chi connectivity index (χ4n) is 1.72. The average molecular weight is 315 g/mol. The molecule has 2 heterocycles. The Bertz CT molecular complexity index is 726. The van der Waals surface area contributed by atoms with Crippen molar-refractivity contribution in [2.75, 3.05) is 6.61 Å². The van der Waals surface area contributed by atoms with E-state index in [1.807, 2.05) is 35.7 Å². The van der Waals surface area contributed by atoms with Crippen LogP contribution in [0.15, 0.2) is 52.4 Å². The second kappa shape index (κ2) is 6.86. The van der Waals surface area contributed by atoms with Gasteiger partial charge in [-0.25, -0.2) is 0 Å². The van der Waals surface area contributed by atoms with E-state index in [2.05, 4.69) is 15.5 Å². The van der Waals surface area contributed by atoms with Crippen LogP contribution in [0.5, 0.6) is 5.75 Å². The molecule has 0 spiro atoms. The van der Waals surface area contributed by atoms with Crippen molar-refractivity contribution < 1.29 is 14.1 Å². The molecule has 22 heavy (non-hydrogen) atoms. The van der Waals surface area contributed by atoms with Gasteiger partial charge in [0, 0.05) is 0 Å². The van der Waals surface area contributed by atoms with Gasteiger partial charge in [0.15, 0.2) is 12.4 Å². The number of carbonyl (C=O) groups is 1. The lowest BCUT2D eigenvalue weighted by Gasteiger charge is -2.05. The molecule has 0 radical (unpaired) electrons. The molecule has 0 unspecified atom stereocenters. The van der Waals surface area contributed by atoms with Crippen molar-refractivity contribution in [1.29, 1.82) is 0 Å². The lowest BCUT2D eigenvalue weighted by molar-refractivity contribution is -0.123. The summed E-state index contributed by atoms with van der Waals surface area (Å²) in [6.45, 7) is 0.144. The van der Waals surface area contributed by atoms with Crippen LogP contribution in [0.3, 0.4) is 0 Å². The number of carbonyl (C=O) groups excluding carboxylic acids is 1. The molecular formula is C15H13N3O3S. The van der Waals surface area contributed by atoms with Crippen molar-refractivity contribution in [2.24, 2.45) is 0 Å². The van der Waals surface area contributed by atoms with Crippen LogP contribution < -0.4 is 10.1 Å². The van der Waals surface area contributed by atoms with E-state index < -0.39 is 0 Å². The number of benzene rings is 1. The number of aromatic nitrogens is 2. The van der Waals surface area contributed by atoms with Gasteiger partial charge < -0.3 is 14.6 Å². The fourth-order valence-corrected chi connectivity index (χ4v) is 2.36. The van der Waals surface area contributed by atoms with E-state index in [4.69, 9.17) is 9.26 Å². The molecule has 3 aromatic rings.